The Morgan fingerprint density at radius 2 is 0.631 bits per heavy atom. The highest BCUT2D eigenvalue weighted by molar-refractivity contribution is 6.10. The van der Waals surface area contributed by atoms with Gasteiger partial charge in [0.1, 0.15) is 0 Å². The molecule has 15 aromatic carbocycles. The number of aryl methyl sites for hydroxylation is 1. The first kappa shape index (κ1) is 61.3. The summed E-state index contributed by atoms with van der Waals surface area (Å²) in [6.07, 6.45) is 0. The molecule has 4 nitrogen and oxygen atoms in total. The predicted octanol–water partition coefficient (Wildman–Crippen LogP) is 26.3. The number of para-hydroxylation sites is 3. The zero-order valence-corrected chi connectivity index (χ0v) is 58.1. The van der Waals surface area contributed by atoms with Crippen molar-refractivity contribution >= 4 is 66.8 Å². The van der Waals surface area contributed by atoms with Crippen molar-refractivity contribution in [3.05, 3.63) is 420 Å². The minimum absolute atomic E-state index is 0.109. The highest BCUT2D eigenvalue weighted by Gasteiger charge is 2.42. The largest absolute Gasteiger partial charge is 0.314 e. The molecule has 103 heavy (non-hydrogen) atoms. The standard InChI is InChI=1S/C59H42N2.C40H32N2/c1-59(2)53-22-12-10-16-43(53)44-31-29-42(36-54(44)59)60(41-30-32-50-52(35-41)58-48-20-8-6-18-46(48)57(50)47-19-7-9-21-49(47)58)40-27-24-37(25-28-40)38-26-33-56-51(34-38)45-17-11-13-23-55(45)61(56)39-14-4-3-5-15-39;1-29-30(2)41(35-16-10-5-11-17-35)40-27-26-38(28-39(29)40)42(36-22-18-33(19-23-36)31-12-6-3-7-13-31)37-24-20-34(21-25-37)32-14-8-4-9-15-32/h3-36,57-58H,1-2H3;3-28H,1-2H3. The molecule has 0 unspecified atom stereocenters. The first-order valence-corrected chi connectivity index (χ1v) is 36.0. The Morgan fingerprint density at radius 1 is 0.252 bits per heavy atom. The number of hydrogen-bond acceptors (Lipinski definition) is 2. The molecule has 4 aliphatic carbocycles. The van der Waals surface area contributed by atoms with Crippen molar-refractivity contribution in [2.24, 2.45) is 0 Å². The Bertz CT molecular complexity index is 5960. The van der Waals surface area contributed by atoms with Crippen LogP contribution in [0.3, 0.4) is 0 Å². The summed E-state index contributed by atoms with van der Waals surface area (Å²) in [6.45, 7) is 9.19. The molecular weight excluding hydrogens is 1250 g/mol. The van der Waals surface area contributed by atoms with E-state index >= 15 is 0 Å². The number of fused-ring (bicyclic) bond motifs is 7. The normalized spacial score (nSPS) is 14.1. The number of rotatable bonds is 11. The van der Waals surface area contributed by atoms with Gasteiger partial charge in [0.05, 0.1) is 16.6 Å². The van der Waals surface area contributed by atoms with Gasteiger partial charge < -0.3 is 18.9 Å². The Morgan fingerprint density at radius 3 is 1.22 bits per heavy atom. The average Bonchev–Trinajstić information content (AvgIpc) is 1.32. The van der Waals surface area contributed by atoms with Crippen LogP contribution in [-0.2, 0) is 5.41 Å². The molecule has 2 heterocycles. The van der Waals surface area contributed by atoms with Crippen LogP contribution in [0, 0.1) is 13.8 Å². The number of anilines is 6. The van der Waals surface area contributed by atoms with Crippen molar-refractivity contribution in [1.29, 1.82) is 0 Å². The summed E-state index contributed by atoms with van der Waals surface area (Å²) in [5, 5.41) is 3.79. The van der Waals surface area contributed by atoms with E-state index < -0.39 is 0 Å². The van der Waals surface area contributed by atoms with Gasteiger partial charge in [-0.25, -0.2) is 0 Å². The molecule has 4 aliphatic rings. The molecule has 0 atom stereocenters. The van der Waals surface area contributed by atoms with Gasteiger partial charge in [-0.15, -0.1) is 0 Å². The van der Waals surface area contributed by atoms with Gasteiger partial charge in [-0.2, -0.15) is 0 Å². The van der Waals surface area contributed by atoms with Gasteiger partial charge in [0.15, 0.2) is 0 Å². The molecule has 0 aliphatic heterocycles. The number of nitrogens with zero attached hydrogens (tertiary/aromatic N) is 4. The van der Waals surface area contributed by atoms with Crippen LogP contribution in [0.2, 0.25) is 0 Å². The van der Waals surface area contributed by atoms with Gasteiger partial charge >= 0.3 is 0 Å². The molecule has 0 fully saturated rings. The van der Waals surface area contributed by atoms with Crippen LogP contribution in [0.15, 0.2) is 364 Å². The molecular formula is C99H74N4. The van der Waals surface area contributed by atoms with Crippen LogP contribution in [0.1, 0.15) is 81.4 Å². The fourth-order valence-electron chi connectivity index (χ4n) is 17.3. The summed E-state index contributed by atoms with van der Waals surface area (Å²) in [4.78, 5) is 4.85. The molecule has 0 radical (unpaired) electrons. The van der Waals surface area contributed by atoms with E-state index in [1.54, 1.807) is 0 Å². The molecule has 0 N–H and O–H groups in total. The molecule has 0 saturated carbocycles. The van der Waals surface area contributed by atoms with Crippen LogP contribution in [0.5, 0.6) is 0 Å². The summed E-state index contributed by atoms with van der Waals surface area (Å²) in [5.74, 6) is 0.445. The van der Waals surface area contributed by atoms with E-state index in [-0.39, 0.29) is 17.3 Å². The second kappa shape index (κ2) is 24.8. The van der Waals surface area contributed by atoms with Gasteiger partial charge in [0, 0.05) is 84.6 Å². The first-order chi connectivity index (χ1) is 50.7. The molecule has 0 amide bonds. The third kappa shape index (κ3) is 10.3. The van der Waals surface area contributed by atoms with E-state index in [1.165, 1.54) is 156 Å². The van der Waals surface area contributed by atoms with Crippen molar-refractivity contribution in [3.8, 4) is 55.9 Å². The number of aromatic nitrogens is 2. The molecule has 21 rings (SSSR count). The Labute approximate surface area is 602 Å². The zero-order valence-electron chi connectivity index (χ0n) is 58.1. The maximum absolute atomic E-state index is 2.50. The van der Waals surface area contributed by atoms with Crippen molar-refractivity contribution in [3.63, 3.8) is 0 Å². The third-order valence-electron chi connectivity index (χ3n) is 22.4. The topological polar surface area (TPSA) is 16.3 Å². The lowest BCUT2D eigenvalue weighted by Gasteiger charge is -2.42. The van der Waals surface area contributed by atoms with Gasteiger partial charge in [0.25, 0.3) is 0 Å². The summed E-state index contributed by atoms with van der Waals surface area (Å²) < 4.78 is 4.75. The van der Waals surface area contributed by atoms with Crippen LogP contribution >= 0.6 is 0 Å². The maximum atomic E-state index is 2.50. The van der Waals surface area contributed by atoms with E-state index in [1.807, 2.05) is 0 Å². The van der Waals surface area contributed by atoms with Crippen LogP contribution in [0.4, 0.5) is 34.1 Å². The van der Waals surface area contributed by atoms with Crippen LogP contribution in [0.25, 0.3) is 88.6 Å². The molecule has 2 aromatic heterocycles. The van der Waals surface area contributed by atoms with Gasteiger partial charge in [-0.3, -0.25) is 0 Å². The third-order valence-corrected chi connectivity index (χ3v) is 22.4. The molecule has 17 aromatic rings. The van der Waals surface area contributed by atoms with Crippen LogP contribution < -0.4 is 9.80 Å². The Balaban J connectivity index is 0.000000153. The number of hydrogen-bond donors (Lipinski definition) is 0. The summed E-state index contributed by atoms with van der Waals surface area (Å²) in [6, 6.07) is 134. The van der Waals surface area contributed by atoms with Crippen LogP contribution in [-0.4, -0.2) is 9.13 Å². The van der Waals surface area contributed by atoms with Crippen molar-refractivity contribution in [2.45, 2.75) is 44.9 Å². The van der Waals surface area contributed by atoms with Crippen molar-refractivity contribution < 1.29 is 0 Å². The monoisotopic (exact) mass is 1320 g/mol. The smallest absolute Gasteiger partial charge is 0.0541 e. The van der Waals surface area contributed by atoms with E-state index in [4.69, 9.17) is 0 Å². The van der Waals surface area contributed by atoms with E-state index in [0.717, 1.165) is 22.7 Å². The van der Waals surface area contributed by atoms with Crippen molar-refractivity contribution in [1.82, 2.24) is 9.13 Å². The van der Waals surface area contributed by atoms with Gasteiger partial charge in [-0.05, 0) is 230 Å². The Kier molecular flexibility index (Phi) is 14.8. The van der Waals surface area contributed by atoms with E-state index in [2.05, 4.69) is 411 Å². The second-order valence-corrected chi connectivity index (χ2v) is 28.4. The minimum atomic E-state index is -0.109. The van der Waals surface area contributed by atoms with Crippen molar-refractivity contribution in [2.75, 3.05) is 9.80 Å². The van der Waals surface area contributed by atoms with Gasteiger partial charge in [-0.1, -0.05) is 257 Å². The minimum Gasteiger partial charge on any atom is -0.314 e. The molecule has 4 heteroatoms. The Hall–Kier alpha value is -12.8. The second-order valence-electron chi connectivity index (χ2n) is 28.4. The maximum Gasteiger partial charge on any atom is 0.0541 e. The van der Waals surface area contributed by atoms with E-state index in [0.29, 0.717) is 0 Å². The molecule has 0 saturated heterocycles. The lowest BCUT2D eigenvalue weighted by atomic mass is 9.61. The lowest BCUT2D eigenvalue weighted by Crippen LogP contribution is -2.27. The lowest BCUT2D eigenvalue weighted by molar-refractivity contribution is 0.660. The average molecular weight is 1320 g/mol. The summed E-state index contributed by atoms with van der Waals surface area (Å²) >= 11 is 0. The van der Waals surface area contributed by atoms with E-state index in [9.17, 15) is 0 Å². The fourth-order valence-corrected chi connectivity index (χ4v) is 17.3. The summed E-state index contributed by atoms with van der Waals surface area (Å²) in [7, 11) is 0. The highest BCUT2D eigenvalue weighted by Crippen LogP contribution is 2.58. The fraction of sp³-hybridized carbons (Fsp3) is 0.0707. The molecule has 2 bridgehead atoms. The highest BCUT2D eigenvalue weighted by atomic mass is 15.1. The molecule has 0 spiro atoms. The summed E-state index contributed by atoms with van der Waals surface area (Å²) in [5.41, 5.74) is 36.7. The SMILES string of the molecule is CC1(C)c2ccccc2-c2ccc(N(c3ccc(-c4ccc5c(c4)c4ccccc4n5-c4ccccc4)cc3)c3ccc4c(c3)C3c5ccccc5C4c4ccccc43)cc21.Cc1c(C)n(-c2ccccc2)c2ccc(N(c3ccc(-c4ccccc4)cc3)c3ccc(-c4ccccc4)cc3)cc12. The quantitative estimate of drug-likeness (QED) is 0.128. The molecule has 490 valence electrons. The number of benzene rings is 15. The zero-order chi connectivity index (χ0) is 68.9. The predicted molar refractivity (Wildman–Crippen MR) is 432 cm³/mol. The van der Waals surface area contributed by atoms with Gasteiger partial charge in [0.2, 0.25) is 0 Å². The first-order valence-electron chi connectivity index (χ1n) is 36.0.